The van der Waals surface area contributed by atoms with E-state index < -0.39 is 18.5 Å². The van der Waals surface area contributed by atoms with E-state index in [1.54, 1.807) is 37.3 Å². The number of hydrogen-bond acceptors (Lipinski definition) is 6. The number of aryl methyl sites for hydroxylation is 1. The van der Waals surface area contributed by atoms with E-state index in [4.69, 9.17) is 18.6 Å². The second-order valence-corrected chi connectivity index (χ2v) is 5.01. The van der Waals surface area contributed by atoms with Crippen molar-refractivity contribution in [3.8, 4) is 11.5 Å². The molecule has 1 amide bonds. The molecule has 7 heteroatoms. The van der Waals surface area contributed by atoms with Crippen molar-refractivity contribution in [3.63, 3.8) is 0 Å². The summed E-state index contributed by atoms with van der Waals surface area (Å²) in [6, 6.07) is 8.51. The van der Waals surface area contributed by atoms with E-state index in [1.807, 2.05) is 0 Å². The van der Waals surface area contributed by atoms with Gasteiger partial charge in [0.15, 0.2) is 18.1 Å². The monoisotopic (exact) mass is 329 g/mol. The predicted molar refractivity (Wildman–Crippen MR) is 84.6 cm³/mol. The van der Waals surface area contributed by atoms with Gasteiger partial charge in [-0.05, 0) is 37.3 Å². The Kier molecular flexibility index (Phi) is 4.51. The number of amides is 1. The van der Waals surface area contributed by atoms with Gasteiger partial charge in [0.05, 0.1) is 0 Å². The van der Waals surface area contributed by atoms with Crippen LogP contribution in [-0.2, 0) is 14.3 Å². The van der Waals surface area contributed by atoms with Crippen LogP contribution in [0.5, 0.6) is 11.5 Å². The fourth-order valence-electron chi connectivity index (χ4n) is 2.05. The zero-order valence-electron chi connectivity index (χ0n) is 12.9. The number of esters is 1. The Morgan fingerprint density at radius 1 is 1.21 bits per heavy atom. The van der Waals surface area contributed by atoms with Crippen molar-refractivity contribution >= 4 is 23.6 Å². The maximum Gasteiger partial charge on any atom is 0.331 e. The van der Waals surface area contributed by atoms with Crippen LogP contribution in [0.1, 0.15) is 11.5 Å². The number of nitrogens with one attached hydrogen (secondary N) is 1. The molecule has 7 nitrogen and oxygen atoms in total. The Hall–Kier alpha value is -3.22. The van der Waals surface area contributed by atoms with E-state index in [0.717, 1.165) is 5.76 Å². The molecule has 0 spiro atoms. The Labute approximate surface area is 137 Å². The summed E-state index contributed by atoms with van der Waals surface area (Å²) >= 11 is 0. The Morgan fingerprint density at radius 2 is 2.04 bits per heavy atom. The van der Waals surface area contributed by atoms with Crippen LogP contribution in [0.2, 0.25) is 0 Å². The Bertz CT molecular complexity index is 792. The molecule has 124 valence electrons. The summed E-state index contributed by atoms with van der Waals surface area (Å²) in [4.78, 5) is 23.4. The highest BCUT2D eigenvalue weighted by Gasteiger charge is 2.14. The number of furan rings is 1. The van der Waals surface area contributed by atoms with E-state index >= 15 is 0 Å². The van der Waals surface area contributed by atoms with Crippen molar-refractivity contribution in [1.29, 1.82) is 0 Å². The van der Waals surface area contributed by atoms with E-state index in [0.29, 0.717) is 22.9 Å². The standard InChI is InChI=1S/C17H15NO6/c1-11-2-4-13(24-11)5-7-17(20)21-9-16(19)18-12-3-6-14-15(8-12)23-10-22-14/h2-8H,9-10H2,1H3,(H,18,19). The third-order valence-electron chi connectivity index (χ3n) is 3.15. The average molecular weight is 329 g/mol. The summed E-state index contributed by atoms with van der Waals surface area (Å²) in [6.07, 6.45) is 2.68. The first-order valence-electron chi connectivity index (χ1n) is 7.21. The van der Waals surface area contributed by atoms with Crippen molar-refractivity contribution in [1.82, 2.24) is 0 Å². The van der Waals surface area contributed by atoms with E-state index in [1.165, 1.54) is 12.2 Å². The Balaban J connectivity index is 1.46. The molecule has 0 saturated heterocycles. The van der Waals surface area contributed by atoms with E-state index in [2.05, 4.69) is 5.32 Å². The molecular weight excluding hydrogens is 314 g/mol. The van der Waals surface area contributed by atoms with Crippen LogP contribution in [-0.4, -0.2) is 25.3 Å². The second kappa shape index (κ2) is 6.91. The van der Waals surface area contributed by atoms with Crippen LogP contribution in [0.4, 0.5) is 5.69 Å². The fourth-order valence-corrected chi connectivity index (χ4v) is 2.05. The second-order valence-electron chi connectivity index (χ2n) is 5.01. The van der Waals surface area contributed by atoms with Crippen LogP contribution < -0.4 is 14.8 Å². The number of carbonyl (C=O) groups excluding carboxylic acids is 2. The van der Waals surface area contributed by atoms with E-state index in [9.17, 15) is 9.59 Å². The third-order valence-corrected chi connectivity index (χ3v) is 3.15. The number of fused-ring (bicyclic) bond motifs is 1. The minimum atomic E-state index is -0.634. The minimum absolute atomic E-state index is 0.159. The highest BCUT2D eigenvalue weighted by molar-refractivity contribution is 5.94. The molecule has 0 saturated carbocycles. The molecule has 1 aliphatic rings. The summed E-state index contributed by atoms with van der Waals surface area (Å²) in [5.74, 6) is 1.37. The van der Waals surface area contributed by atoms with Gasteiger partial charge in [-0.15, -0.1) is 0 Å². The van der Waals surface area contributed by atoms with Gasteiger partial charge in [0.1, 0.15) is 11.5 Å². The normalized spacial score (nSPS) is 12.4. The van der Waals surface area contributed by atoms with E-state index in [-0.39, 0.29) is 6.79 Å². The largest absolute Gasteiger partial charge is 0.462 e. The number of rotatable bonds is 5. The van der Waals surface area contributed by atoms with Crippen molar-refractivity contribution in [3.05, 3.63) is 47.9 Å². The van der Waals surface area contributed by atoms with Gasteiger partial charge in [0, 0.05) is 17.8 Å². The molecule has 24 heavy (non-hydrogen) atoms. The van der Waals surface area contributed by atoms with Gasteiger partial charge in [-0.1, -0.05) is 0 Å². The maximum atomic E-state index is 11.8. The molecule has 1 N–H and O–H groups in total. The first kappa shape index (κ1) is 15.7. The molecule has 0 aliphatic carbocycles. The van der Waals surface area contributed by atoms with Gasteiger partial charge in [0.25, 0.3) is 5.91 Å². The number of benzene rings is 1. The minimum Gasteiger partial charge on any atom is -0.462 e. The summed E-state index contributed by atoms with van der Waals surface area (Å²) in [7, 11) is 0. The van der Waals surface area contributed by atoms with Crippen molar-refractivity contribution < 1.29 is 28.2 Å². The molecule has 3 rings (SSSR count). The lowest BCUT2D eigenvalue weighted by Crippen LogP contribution is -2.20. The number of ether oxygens (including phenoxy) is 3. The number of anilines is 1. The SMILES string of the molecule is Cc1ccc(C=CC(=O)OCC(=O)Nc2ccc3c(c2)OCO3)o1. The zero-order chi connectivity index (χ0) is 16.9. The quantitative estimate of drug-likeness (QED) is 0.670. The molecule has 2 heterocycles. The number of carbonyl (C=O) groups is 2. The molecule has 0 radical (unpaired) electrons. The van der Waals surface area contributed by atoms with Gasteiger partial charge in [-0.2, -0.15) is 0 Å². The molecule has 0 unspecified atom stereocenters. The van der Waals surface area contributed by atoms with Gasteiger partial charge in [-0.25, -0.2) is 4.79 Å². The first-order chi connectivity index (χ1) is 11.6. The predicted octanol–water partition coefficient (Wildman–Crippen LogP) is 2.51. The lowest BCUT2D eigenvalue weighted by molar-refractivity contribution is -0.142. The average Bonchev–Trinajstić information content (AvgIpc) is 3.19. The molecule has 1 aromatic heterocycles. The molecule has 0 bridgehead atoms. The van der Waals surface area contributed by atoms with Crippen LogP contribution in [0.15, 0.2) is 40.8 Å². The Morgan fingerprint density at radius 3 is 2.83 bits per heavy atom. The van der Waals surface area contributed by atoms with Gasteiger partial charge >= 0.3 is 5.97 Å². The maximum absolute atomic E-state index is 11.8. The summed E-state index contributed by atoms with van der Waals surface area (Å²) in [6.45, 7) is 1.57. The summed E-state index contributed by atoms with van der Waals surface area (Å²) < 4.78 is 20.5. The van der Waals surface area contributed by atoms with Crippen LogP contribution >= 0.6 is 0 Å². The zero-order valence-corrected chi connectivity index (χ0v) is 12.9. The molecule has 1 aromatic carbocycles. The smallest absolute Gasteiger partial charge is 0.331 e. The van der Waals surface area contributed by atoms with Crippen LogP contribution in [0, 0.1) is 6.92 Å². The fraction of sp³-hybridized carbons (Fsp3) is 0.176. The molecule has 0 fully saturated rings. The van der Waals surface area contributed by atoms with Gasteiger partial charge in [0.2, 0.25) is 6.79 Å². The summed E-state index contributed by atoms with van der Waals surface area (Å²) in [5.41, 5.74) is 0.530. The van der Waals surface area contributed by atoms with Crippen molar-refractivity contribution in [2.45, 2.75) is 6.92 Å². The van der Waals surface area contributed by atoms with Crippen LogP contribution in [0.25, 0.3) is 6.08 Å². The molecule has 2 aromatic rings. The van der Waals surface area contributed by atoms with Crippen LogP contribution in [0.3, 0.4) is 0 Å². The number of hydrogen-bond donors (Lipinski definition) is 1. The highest BCUT2D eigenvalue weighted by Crippen LogP contribution is 2.34. The van der Waals surface area contributed by atoms with Gasteiger partial charge < -0.3 is 23.9 Å². The molecular formula is C17H15NO6. The molecule has 1 aliphatic heterocycles. The molecule has 0 atom stereocenters. The first-order valence-corrected chi connectivity index (χ1v) is 7.21. The van der Waals surface area contributed by atoms with Gasteiger partial charge in [-0.3, -0.25) is 4.79 Å². The third kappa shape index (κ3) is 3.95. The van der Waals surface area contributed by atoms with Crippen molar-refractivity contribution in [2.75, 3.05) is 18.7 Å². The van der Waals surface area contributed by atoms with Crippen molar-refractivity contribution in [2.24, 2.45) is 0 Å². The lowest BCUT2D eigenvalue weighted by Gasteiger charge is -2.06. The lowest BCUT2D eigenvalue weighted by atomic mass is 10.3. The highest BCUT2D eigenvalue weighted by atomic mass is 16.7. The topological polar surface area (TPSA) is 87.0 Å². The summed E-state index contributed by atoms with van der Waals surface area (Å²) in [5, 5.41) is 2.61.